The molecule has 0 radical (unpaired) electrons. The number of para-hydroxylation sites is 2. The maximum absolute atomic E-state index is 6.22. The quantitative estimate of drug-likeness (QED) is 0.209. The molecule has 9 aromatic rings. The first-order valence-electron chi connectivity index (χ1n) is 14.9. The van der Waals surface area contributed by atoms with Crippen molar-refractivity contribution in [1.82, 2.24) is 19.9 Å². The van der Waals surface area contributed by atoms with Crippen LogP contribution in [-0.4, -0.2) is 19.9 Å². The molecule has 0 unspecified atom stereocenters. The minimum Gasteiger partial charge on any atom is -0.456 e. The highest BCUT2D eigenvalue weighted by Gasteiger charge is 2.17. The average molecular weight is 577 g/mol. The molecule has 3 aromatic heterocycles. The Morgan fingerprint density at radius 1 is 0.378 bits per heavy atom. The van der Waals surface area contributed by atoms with Gasteiger partial charge in [-0.05, 0) is 64.4 Å². The second kappa shape index (κ2) is 10.2. The number of rotatable bonds is 4. The van der Waals surface area contributed by atoms with E-state index >= 15 is 0 Å². The van der Waals surface area contributed by atoms with E-state index < -0.39 is 0 Å². The normalized spacial score (nSPS) is 11.6. The lowest BCUT2D eigenvalue weighted by Gasteiger charge is -2.12. The van der Waals surface area contributed by atoms with Crippen LogP contribution in [0.4, 0.5) is 0 Å². The van der Waals surface area contributed by atoms with Crippen molar-refractivity contribution in [3.8, 4) is 45.4 Å². The molecule has 0 aliphatic rings. The first kappa shape index (κ1) is 25.3. The third-order valence-electron chi connectivity index (χ3n) is 8.30. The van der Waals surface area contributed by atoms with Gasteiger partial charge in [0.05, 0.1) is 5.52 Å². The van der Waals surface area contributed by atoms with Crippen molar-refractivity contribution in [1.29, 1.82) is 0 Å². The number of nitrogens with zero attached hydrogens (tertiary/aromatic N) is 4. The van der Waals surface area contributed by atoms with Crippen LogP contribution in [0.25, 0.3) is 89.0 Å². The molecular formula is C40H24N4O. The van der Waals surface area contributed by atoms with Crippen LogP contribution in [0.15, 0.2) is 150 Å². The SMILES string of the molecule is c1ccc(-c2cc(-c3nc(-c4ccc5c(c4)oc4ccccc45)nc(-c4ccc5ccccc5n4)n3)cc3ccccc23)cc1. The molecule has 45 heavy (non-hydrogen) atoms. The number of aromatic nitrogens is 4. The first-order chi connectivity index (χ1) is 22.3. The molecule has 0 atom stereocenters. The fourth-order valence-electron chi connectivity index (χ4n) is 6.10. The fraction of sp³-hybridized carbons (Fsp3) is 0. The minimum atomic E-state index is 0.514. The van der Waals surface area contributed by atoms with Gasteiger partial charge in [0.1, 0.15) is 16.9 Å². The van der Waals surface area contributed by atoms with E-state index in [-0.39, 0.29) is 0 Å². The molecule has 0 aliphatic heterocycles. The van der Waals surface area contributed by atoms with E-state index in [9.17, 15) is 0 Å². The Hall–Kier alpha value is -6.20. The molecule has 6 aromatic carbocycles. The molecule has 9 rings (SSSR count). The van der Waals surface area contributed by atoms with Crippen molar-refractivity contribution >= 4 is 43.6 Å². The number of furan rings is 1. The number of benzene rings is 6. The standard InChI is InChI=1S/C40H24N4O/c1-2-10-25(11-3-1)33-23-29(22-27-13-4-6-14-30(27)33)39-42-38(28-18-20-32-31-15-7-9-17-36(31)45-37(32)24-28)43-40(44-39)35-21-19-26-12-5-8-16-34(26)41-35/h1-24H. The van der Waals surface area contributed by atoms with Crippen molar-refractivity contribution < 1.29 is 4.42 Å². The molecule has 0 spiro atoms. The third-order valence-corrected chi connectivity index (χ3v) is 8.30. The van der Waals surface area contributed by atoms with E-state index in [1.54, 1.807) is 0 Å². The molecule has 0 N–H and O–H groups in total. The summed E-state index contributed by atoms with van der Waals surface area (Å²) in [6.07, 6.45) is 0. The highest BCUT2D eigenvalue weighted by molar-refractivity contribution is 6.06. The van der Waals surface area contributed by atoms with Crippen LogP contribution in [0.1, 0.15) is 0 Å². The lowest BCUT2D eigenvalue weighted by atomic mass is 9.95. The average Bonchev–Trinajstić information content (AvgIpc) is 3.49. The molecule has 210 valence electrons. The lowest BCUT2D eigenvalue weighted by molar-refractivity contribution is 0.669. The molecule has 0 amide bonds. The summed E-state index contributed by atoms with van der Waals surface area (Å²) in [5.74, 6) is 1.65. The molecule has 0 fully saturated rings. The number of fused-ring (bicyclic) bond motifs is 5. The van der Waals surface area contributed by atoms with Gasteiger partial charge in [-0.1, -0.05) is 103 Å². The van der Waals surface area contributed by atoms with Crippen LogP contribution in [-0.2, 0) is 0 Å². The fourth-order valence-corrected chi connectivity index (χ4v) is 6.10. The van der Waals surface area contributed by atoms with E-state index in [0.717, 1.165) is 60.5 Å². The molecule has 0 bridgehead atoms. The topological polar surface area (TPSA) is 64.7 Å². The first-order valence-corrected chi connectivity index (χ1v) is 14.9. The van der Waals surface area contributed by atoms with Gasteiger partial charge >= 0.3 is 0 Å². The highest BCUT2D eigenvalue weighted by atomic mass is 16.3. The van der Waals surface area contributed by atoms with E-state index in [1.165, 1.54) is 5.39 Å². The van der Waals surface area contributed by atoms with Crippen LogP contribution in [0.5, 0.6) is 0 Å². The summed E-state index contributed by atoms with van der Waals surface area (Å²) in [5.41, 5.74) is 7.23. The lowest BCUT2D eigenvalue weighted by Crippen LogP contribution is -2.01. The number of hydrogen-bond donors (Lipinski definition) is 0. The summed E-state index contributed by atoms with van der Waals surface area (Å²) in [6, 6.07) is 49.5. The Labute approximate surface area is 258 Å². The Bertz CT molecular complexity index is 2550. The molecule has 0 aliphatic carbocycles. The predicted molar refractivity (Wildman–Crippen MR) is 182 cm³/mol. The van der Waals surface area contributed by atoms with Gasteiger partial charge in [-0.3, -0.25) is 0 Å². The van der Waals surface area contributed by atoms with Gasteiger partial charge in [0.25, 0.3) is 0 Å². The van der Waals surface area contributed by atoms with Crippen LogP contribution >= 0.6 is 0 Å². The molecule has 0 saturated carbocycles. The molecule has 5 nitrogen and oxygen atoms in total. The van der Waals surface area contributed by atoms with Gasteiger partial charge in [0.2, 0.25) is 0 Å². The number of hydrogen-bond acceptors (Lipinski definition) is 5. The van der Waals surface area contributed by atoms with E-state index in [1.807, 2.05) is 54.6 Å². The summed E-state index contributed by atoms with van der Waals surface area (Å²) in [6.45, 7) is 0. The second-order valence-electron chi connectivity index (χ2n) is 11.1. The summed E-state index contributed by atoms with van der Waals surface area (Å²) in [5, 5.41) is 5.50. The molecule has 3 heterocycles. The minimum absolute atomic E-state index is 0.514. The zero-order valence-electron chi connectivity index (χ0n) is 24.1. The largest absolute Gasteiger partial charge is 0.456 e. The van der Waals surface area contributed by atoms with Crippen LogP contribution in [0, 0.1) is 0 Å². The van der Waals surface area contributed by atoms with Crippen molar-refractivity contribution in [2.24, 2.45) is 0 Å². The van der Waals surface area contributed by atoms with Gasteiger partial charge in [0.15, 0.2) is 17.5 Å². The van der Waals surface area contributed by atoms with Gasteiger partial charge in [-0.15, -0.1) is 0 Å². The van der Waals surface area contributed by atoms with Crippen LogP contribution < -0.4 is 0 Å². The van der Waals surface area contributed by atoms with Crippen molar-refractivity contribution in [2.45, 2.75) is 0 Å². The maximum atomic E-state index is 6.22. The van der Waals surface area contributed by atoms with Crippen molar-refractivity contribution in [3.63, 3.8) is 0 Å². The van der Waals surface area contributed by atoms with E-state index in [2.05, 4.69) is 91.0 Å². The summed E-state index contributed by atoms with van der Waals surface area (Å²) in [4.78, 5) is 20.0. The number of pyridine rings is 1. The molecule has 0 saturated heterocycles. The Morgan fingerprint density at radius 2 is 1.07 bits per heavy atom. The smallest absolute Gasteiger partial charge is 0.182 e. The monoisotopic (exact) mass is 576 g/mol. The predicted octanol–water partition coefficient (Wildman–Crippen LogP) is 10.1. The third kappa shape index (κ3) is 4.41. The van der Waals surface area contributed by atoms with E-state index in [4.69, 9.17) is 24.4 Å². The Kier molecular flexibility index (Phi) is 5.74. The van der Waals surface area contributed by atoms with Crippen molar-refractivity contribution in [3.05, 3.63) is 146 Å². The molecule has 5 heteroatoms. The Morgan fingerprint density at radius 3 is 1.96 bits per heavy atom. The molecular weight excluding hydrogens is 552 g/mol. The summed E-state index contributed by atoms with van der Waals surface area (Å²) >= 11 is 0. The van der Waals surface area contributed by atoms with E-state index in [0.29, 0.717) is 23.2 Å². The van der Waals surface area contributed by atoms with Gasteiger partial charge < -0.3 is 4.42 Å². The van der Waals surface area contributed by atoms with Gasteiger partial charge in [-0.25, -0.2) is 19.9 Å². The zero-order chi connectivity index (χ0) is 29.7. The van der Waals surface area contributed by atoms with Crippen molar-refractivity contribution in [2.75, 3.05) is 0 Å². The van der Waals surface area contributed by atoms with Gasteiger partial charge in [-0.2, -0.15) is 0 Å². The Balaban J connectivity index is 1.28. The van der Waals surface area contributed by atoms with Crippen LogP contribution in [0.2, 0.25) is 0 Å². The van der Waals surface area contributed by atoms with Gasteiger partial charge in [0, 0.05) is 27.3 Å². The summed E-state index contributed by atoms with van der Waals surface area (Å²) in [7, 11) is 0. The summed E-state index contributed by atoms with van der Waals surface area (Å²) < 4.78 is 6.22. The van der Waals surface area contributed by atoms with Crippen LogP contribution in [0.3, 0.4) is 0 Å². The zero-order valence-corrected chi connectivity index (χ0v) is 24.1. The highest BCUT2D eigenvalue weighted by Crippen LogP contribution is 2.35. The maximum Gasteiger partial charge on any atom is 0.182 e. The second-order valence-corrected chi connectivity index (χ2v) is 11.1.